The Morgan fingerprint density at radius 1 is 1.45 bits per heavy atom. The van der Waals surface area contributed by atoms with Crippen molar-refractivity contribution in [1.29, 1.82) is 5.26 Å². The SMILES string of the molecule is CCOC(=O)C(C#N)=CCSCCCCOP(N)(N)=O. The highest BCUT2D eigenvalue weighted by molar-refractivity contribution is 7.99. The minimum Gasteiger partial charge on any atom is -0.462 e. The van der Waals surface area contributed by atoms with E-state index in [2.05, 4.69) is 0 Å². The summed E-state index contributed by atoms with van der Waals surface area (Å²) < 4.78 is 20.3. The molecule has 20 heavy (non-hydrogen) atoms. The van der Waals surface area contributed by atoms with Crippen LogP contribution >= 0.6 is 19.4 Å². The summed E-state index contributed by atoms with van der Waals surface area (Å²) in [5, 5.41) is 8.78. The van der Waals surface area contributed by atoms with Crippen LogP contribution in [0.5, 0.6) is 0 Å². The third kappa shape index (κ3) is 11.0. The van der Waals surface area contributed by atoms with Gasteiger partial charge in [-0.15, -0.1) is 0 Å². The molecule has 0 radical (unpaired) electrons. The molecule has 0 aliphatic heterocycles. The van der Waals surface area contributed by atoms with E-state index in [0.29, 0.717) is 12.2 Å². The van der Waals surface area contributed by atoms with Crippen molar-refractivity contribution in [3.8, 4) is 6.07 Å². The summed E-state index contributed by atoms with van der Waals surface area (Å²) >= 11 is 1.57. The zero-order valence-corrected chi connectivity index (χ0v) is 13.1. The van der Waals surface area contributed by atoms with Gasteiger partial charge in [0.15, 0.2) is 0 Å². The number of thioether (sulfide) groups is 1. The third-order valence-electron chi connectivity index (χ3n) is 2.00. The van der Waals surface area contributed by atoms with Crippen molar-refractivity contribution in [2.75, 3.05) is 24.7 Å². The number of ether oxygens (including phenoxy) is 1. The van der Waals surface area contributed by atoms with Crippen molar-refractivity contribution in [2.24, 2.45) is 11.0 Å². The number of nitriles is 1. The normalized spacial score (nSPS) is 12.0. The first-order chi connectivity index (χ1) is 9.40. The average molecular weight is 321 g/mol. The van der Waals surface area contributed by atoms with Gasteiger partial charge < -0.3 is 9.26 Å². The van der Waals surface area contributed by atoms with Gasteiger partial charge in [-0.1, -0.05) is 0 Å². The van der Waals surface area contributed by atoms with Crippen molar-refractivity contribution in [3.63, 3.8) is 0 Å². The number of carbonyl (C=O) groups excluding carboxylic acids is 1. The van der Waals surface area contributed by atoms with Crippen molar-refractivity contribution >= 4 is 25.4 Å². The molecule has 0 saturated heterocycles. The van der Waals surface area contributed by atoms with Crippen LogP contribution in [-0.4, -0.2) is 30.7 Å². The molecular weight excluding hydrogens is 301 g/mol. The minimum atomic E-state index is -3.37. The highest BCUT2D eigenvalue weighted by atomic mass is 32.2. The largest absolute Gasteiger partial charge is 0.462 e. The van der Waals surface area contributed by atoms with E-state index in [4.69, 9.17) is 25.5 Å². The molecule has 0 atom stereocenters. The fourth-order valence-electron chi connectivity index (χ4n) is 1.12. The van der Waals surface area contributed by atoms with Gasteiger partial charge >= 0.3 is 13.6 Å². The standard InChI is InChI=1S/C11H20N3O4PS/c1-2-17-11(15)10(9-12)5-8-20-7-4-3-6-18-19(13,14)16/h5H,2-4,6-8H2,1H3,(H4,13,14,16). The minimum absolute atomic E-state index is 0.0230. The predicted octanol–water partition coefficient (Wildman–Crippen LogP) is 1.55. The van der Waals surface area contributed by atoms with Crippen molar-refractivity contribution < 1.29 is 18.6 Å². The Morgan fingerprint density at radius 2 is 2.15 bits per heavy atom. The molecule has 0 spiro atoms. The van der Waals surface area contributed by atoms with Gasteiger partial charge in [0.2, 0.25) is 0 Å². The quantitative estimate of drug-likeness (QED) is 0.204. The van der Waals surface area contributed by atoms with Crippen molar-refractivity contribution in [1.82, 2.24) is 0 Å². The van der Waals surface area contributed by atoms with Crippen LogP contribution in [0.4, 0.5) is 0 Å². The lowest BCUT2D eigenvalue weighted by Crippen LogP contribution is -2.09. The van der Waals surface area contributed by atoms with Gasteiger partial charge in [0, 0.05) is 5.75 Å². The van der Waals surface area contributed by atoms with Crippen LogP contribution in [0.25, 0.3) is 0 Å². The third-order valence-corrected chi connectivity index (χ3v) is 3.56. The number of nitrogens with two attached hydrogens (primary N) is 2. The van der Waals surface area contributed by atoms with Gasteiger partial charge in [0.1, 0.15) is 11.6 Å². The van der Waals surface area contributed by atoms with E-state index in [9.17, 15) is 9.36 Å². The van der Waals surface area contributed by atoms with E-state index >= 15 is 0 Å². The fourth-order valence-corrected chi connectivity index (χ4v) is 2.40. The van der Waals surface area contributed by atoms with Crippen LogP contribution in [0.15, 0.2) is 11.6 Å². The molecule has 0 bridgehead atoms. The summed E-state index contributed by atoms with van der Waals surface area (Å²) in [5.41, 5.74) is 10.1. The Morgan fingerprint density at radius 3 is 2.70 bits per heavy atom. The molecule has 0 heterocycles. The maximum Gasteiger partial charge on any atom is 0.348 e. The second kappa shape index (κ2) is 10.9. The van der Waals surface area contributed by atoms with Crippen LogP contribution < -0.4 is 11.0 Å². The number of esters is 1. The monoisotopic (exact) mass is 321 g/mol. The lowest BCUT2D eigenvalue weighted by molar-refractivity contribution is -0.138. The Bertz CT molecular complexity index is 416. The molecule has 0 aliphatic carbocycles. The van der Waals surface area contributed by atoms with E-state index in [1.54, 1.807) is 24.8 Å². The van der Waals surface area contributed by atoms with Gasteiger partial charge in [0.25, 0.3) is 0 Å². The molecule has 0 aliphatic rings. The average Bonchev–Trinajstić information content (AvgIpc) is 2.36. The van der Waals surface area contributed by atoms with Crippen LogP contribution in [0, 0.1) is 11.3 Å². The number of hydrogen-bond acceptors (Lipinski definition) is 6. The van der Waals surface area contributed by atoms with Gasteiger partial charge in [-0.2, -0.15) is 17.0 Å². The van der Waals surface area contributed by atoms with Crippen LogP contribution in [0.1, 0.15) is 19.8 Å². The second-order valence-corrected chi connectivity index (χ2v) is 6.41. The Balaban J connectivity index is 3.72. The first-order valence-electron chi connectivity index (χ1n) is 6.07. The Hall–Kier alpha value is -0.840. The van der Waals surface area contributed by atoms with E-state index in [-0.39, 0.29) is 18.8 Å². The Labute approximate surface area is 123 Å². The molecular formula is C11H20N3O4PS. The summed E-state index contributed by atoms with van der Waals surface area (Å²) in [6, 6.07) is 1.81. The molecule has 0 amide bonds. The van der Waals surface area contributed by atoms with Crippen molar-refractivity contribution in [2.45, 2.75) is 19.8 Å². The molecule has 0 saturated carbocycles. The first kappa shape index (κ1) is 19.2. The molecule has 0 rings (SSSR count). The second-order valence-electron chi connectivity index (χ2n) is 3.71. The van der Waals surface area contributed by atoms with Gasteiger partial charge in [0.05, 0.1) is 13.2 Å². The lowest BCUT2D eigenvalue weighted by Gasteiger charge is -2.06. The summed E-state index contributed by atoms with van der Waals surface area (Å²) in [5.74, 6) is 0.779. The number of rotatable bonds is 10. The fraction of sp³-hybridized carbons (Fsp3) is 0.636. The highest BCUT2D eigenvalue weighted by Crippen LogP contribution is 2.26. The molecule has 114 valence electrons. The number of hydrogen-bond donors (Lipinski definition) is 2. The number of nitrogens with zero attached hydrogens (tertiary/aromatic N) is 1. The summed E-state index contributed by atoms with van der Waals surface area (Å²) in [6.45, 7) is 2.19. The van der Waals surface area contributed by atoms with E-state index in [1.807, 2.05) is 6.07 Å². The number of unbranched alkanes of at least 4 members (excludes halogenated alkanes) is 1. The van der Waals surface area contributed by atoms with Gasteiger partial charge in [-0.3, -0.25) is 4.57 Å². The summed E-state index contributed by atoms with van der Waals surface area (Å²) in [7, 11) is -3.37. The molecule has 0 aromatic rings. The molecule has 0 fully saturated rings. The summed E-state index contributed by atoms with van der Waals surface area (Å²) in [6.07, 6.45) is 3.07. The smallest absolute Gasteiger partial charge is 0.348 e. The van der Waals surface area contributed by atoms with E-state index in [0.717, 1.165) is 12.2 Å². The summed E-state index contributed by atoms with van der Waals surface area (Å²) in [4.78, 5) is 11.3. The molecule has 7 nitrogen and oxygen atoms in total. The Kier molecular flexibility index (Phi) is 10.4. The van der Waals surface area contributed by atoms with Gasteiger partial charge in [-0.25, -0.2) is 15.8 Å². The van der Waals surface area contributed by atoms with E-state index in [1.165, 1.54) is 0 Å². The molecule has 0 aromatic carbocycles. The van der Waals surface area contributed by atoms with Crippen LogP contribution in [0.2, 0.25) is 0 Å². The molecule has 0 aromatic heterocycles. The van der Waals surface area contributed by atoms with Crippen LogP contribution in [0.3, 0.4) is 0 Å². The van der Waals surface area contributed by atoms with Crippen LogP contribution in [-0.2, 0) is 18.6 Å². The predicted molar refractivity (Wildman–Crippen MR) is 78.8 cm³/mol. The molecule has 9 heteroatoms. The first-order valence-corrected chi connectivity index (χ1v) is 8.99. The highest BCUT2D eigenvalue weighted by Gasteiger charge is 2.09. The number of carbonyl (C=O) groups is 1. The maximum atomic E-state index is 11.3. The zero-order chi connectivity index (χ0) is 15.4. The topological polar surface area (TPSA) is 128 Å². The molecule has 0 unspecified atom stereocenters. The lowest BCUT2D eigenvalue weighted by atomic mass is 10.3. The maximum absolute atomic E-state index is 11.3. The zero-order valence-electron chi connectivity index (χ0n) is 11.4. The van der Waals surface area contributed by atoms with Gasteiger partial charge in [-0.05, 0) is 31.6 Å². The van der Waals surface area contributed by atoms with E-state index < -0.39 is 13.6 Å². The molecule has 4 N–H and O–H groups in total. The van der Waals surface area contributed by atoms with Crippen molar-refractivity contribution in [3.05, 3.63) is 11.6 Å².